The lowest BCUT2D eigenvalue weighted by molar-refractivity contribution is 0.101. The lowest BCUT2D eigenvalue weighted by atomic mass is 10.3. The number of nitrogens with two attached hydrogens (primary N) is 1. The maximum Gasteiger partial charge on any atom is 0.277 e. The Labute approximate surface area is 105 Å². The van der Waals surface area contributed by atoms with Crippen molar-refractivity contribution in [2.75, 3.05) is 11.1 Å². The molecule has 0 saturated carbocycles. The highest BCUT2D eigenvalue weighted by molar-refractivity contribution is 6.05. The fourth-order valence-electron chi connectivity index (χ4n) is 1.73. The number of aromatic nitrogens is 4. The molecule has 0 atom stereocenters. The van der Waals surface area contributed by atoms with E-state index in [9.17, 15) is 4.79 Å². The number of hydrogen-bond donors (Lipinski definition) is 2. The Kier molecular flexibility index (Phi) is 3.05. The number of carbonyl (C=O) groups is 1. The highest BCUT2D eigenvalue weighted by atomic mass is 16.2. The molecule has 2 aromatic heterocycles. The zero-order valence-electron chi connectivity index (χ0n) is 10.6. The first-order valence-electron chi connectivity index (χ1n) is 5.63. The Morgan fingerprint density at radius 1 is 1.44 bits per heavy atom. The van der Waals surface area contributed by atoms with Gasteiger partial charge in [-0.3, -0.25) is 9.48 Å². The molecule has 3 N–H and O–H groups in total. The van der Waals surface area contributed by atoms with Crippen LogP contribution in [0.4, 0.5) is 11.5 Å². The van der Waals surface area contributed by atoms with Gasteiger partial charge in [-0.1, -0.05) is 0 Å². The van der Waals surface area contributed by atoms with E-state index in [1.54, 1.807) is 24.0 Å². The molecular formula is C11H16N6O. The van der Waals surface area contributed by atoms with Crippen LogP contribution in [0.3, 0.4) is 0 Å². The molecule has 0 aromatic carbocycles. The molecule has 2 rings (SSSR count). The van der Waals surface area contributed by atoms with Gasteiger partial charge in [-0.25, -0.2) is 4.68 Å². The fourth-order valence-corrected chi connectivity index (χ4v) is 1.73. The topological polar surface area (TPSA) is 90.8 Å². The molecule has 2 aromatic rings. The van der Waals surface area contributed by atoms with Gasteiger partial charge in [0.05, 0.1) is 18.1 Å². The summed E-state index contributed by atoms with van der Waals surface area (Å²) in [7, 11) is 1.67. The van der Waals surface area contributed by atoms with Crippen molar-refractivity contribution in [3.63, 3.8) is 0 Å². The Morgan fingerprint density at radius 3 is 2.72 bits per heavy atom. The van der Waals surface area contributed by atoms with Crippen LogP contribution in [-0.4, -0.2) is 25.5 Å². The Balaban J connectivity index is 2.25. The summed E-state index contributed by atoms with van der Waals surface area (Å²) in [6.45, 7) is 3.97. The van der Waals surface area contributed by atoms with Crippen LogP contribution in [0.15, 0.2) is 18.5 Å². The third-order valence-electron chi connectivity index (χ3n) is 2.58. The maximum absolute atomic E-state index is 12.1. The fraction of sp³-hybridized carbons (Fsp3) is 0.364. The minimum absolute atomic E-state index is 0.166. The molecule has 7 heteroatoms. The monoisotopic (exact) mass is 248 g/mol. The van der Waals surface area contributed by atoms with Crippen LogP contribution < -0.4 is 11.1 Å². The number of aryl methyl sites for hydroxylation is 1. The van der Waals surface area contributed by atoms with Crippen molar-refractivity contribution >= 4 is 17.4 Å². The first kappa shape index (κ1) is 12.2. The SMILES string of the molecule is CC(C)n1nccc1NC(=O)c1c(N)cnn1C. The van der Waals surface area contributed by atoms with Crippen LogP contribution >= 0.6 is 0 Å². The molecule has 0 unspecified atom stereocenters. The minimum Gasteiger partial charge on any atom is -0.396 e. The van der Waals surface area contributed by atoms with E-state index < -0.39 is 0 Å². The summed E-state index contributed by atoms with van der Waals surface area (Å²) in [5.74, 6) is 0.338. The number of amides is 1. The van der Waals surface area contributed by atoms with Gasteiger partial charge < -0.3 is 11.1 Å². The van der Waals surface area contributed by atoms with E-state index in [4.69, 9.17) is 5.73 Å². The predicted molar refractivity (Wildman–Crippen MR) is 68.2 cm³/mol. The quantitative estimate of drug-likeness (QED) is 0.848. The summed E-state index contributed by atoms with van der Waals surface area (Å²) in [4.78, 5) is 12.1. The lowest BCUT2D eigenvalue weighted by Gasteiger charge is -2.12. The molecule has 0 bridgehead atoms. The Bertz CT molecular complexity index is 548. The average Bonchev–Trinajstić information content (AvgIpc) is 2.86. The van der Waals surface area contributed by atoms with E-state index >= 15 is 0 Å². The molecule has 0 spiro atoms. The van der Waals surface area contributed by atoms with Crippen LogP contribution in [0.2, 0.25) is 0 Å². The summed E-state index contributed by atoms with van der Waals surface area (Å²) < 4.78 is 3.17. The number of carbonyl (C=O) groups excluding carboxylic acids is 1. The summed E-state index contributed by atoms with van der Waals surface area (Å²) in [5.41, 5.74) is 6.39. The Hall–Kier alpha value is -2.31. The van der Waals surface area contributed by atoms with Crippen molar-refractivity contribution in [3.05, 3.63) is 24.2 Å². The van der Waals surface area contributed by atoms with E-state index in [1.165, 1.54) is 10.9 Å². The Morgan fingerprint density at radius 2 is 2.17 bits per heavy atom. The van der Waals surface area contributed by atoms with Crippen molar-refractivity contribution < 1.29 is 4.79 Å². The molecule has 18 heavy (non-hydrogen) atoms. The number of nitrogens with one attached hydrogen (secondary N) is 1. The summed E-state index contributed by atoms with van der Waals surface area (Å²) >= 11 is 0. The van der Waals surface area contributed by atoms with Gasteiger partial charge in [-0.05, 0) is 13.8 Å². The second-order valence-corrected chi connectivity index (χ2v) is 4.28. The van der Waals surface area contributed by atoms with Crippen LogP contribution in [0.25, 0.3) is 0 Å². The first-order valence-corrected chi connectivity index (χ1v) is 5.63. The van der Waals surface area contributed by atoms with Gasteiger partial charge in [0, 0.05) is 19.2 Å². The zero-order chi connectivity index (χ0) is 13.3. The second-order valence-electron chi connectivity index (χ2n) is 4.28. The largest absolute Gasteiger partial charge is 0.396 e. The highest BCUT2D eigenvalue weighted by Crippen LogP contribution is 2.16. The third kappa shape index (κ3) is 2.06. The van der Waals surface area contributed by atoms with Gasteiger partial charge in [0.15, 0.2) is 0 Å². The van der Waals surface area contributed by atoms with Crippen molar-refractivity contribution in [1.29, 1.82) is 0 Å². The summed E-state index contributed by atoms with van der Waals surface area (Å²) in [5, 5.41) is 10.9. The highest BCUT2D eigenvalue weighted by Gasteiger charge is 2.17. The number of hydrogen-bond acceptors (Lipinski definition) is 4. The maximum atomic E-state index is 12.1. The van der Waals surface area contributed by atoms with Crippen molar-refractivity contribution in [3.8, 4) is 0 Å². The molecule has 0 fully saturated rings. The zero-order valence-corrected chi connectivity index (χ0v) is 10.6. The van der Waals surface area contributed by atoms with Gasteiger partial charge in [-0.15, -0.1) is 0 Å². The van der Waals surface area contributed by atoms with Crippen LogP contribution in [0.1, 0.15) is 30.4 Å². The molecule has 96 valence electrons. The molecule has 1 amide bonds. The van der Waals surface area contributed by atoms with E-state index in [-0.39, 0.29) is 11.9 Å². The average molecular weight is 248 g/mol. The third-order valence-corrected chi connectivity index (χ3v) is 2.58. The standard InChI is InChI=1S/C11H16N6O/c1-7(2)17-9(4-5-13-17)15-11(18)10-8(12)6-14-16(10)3/h4-7H,12H2,1-3H3,(H,15,18). The lowest BCUT2D eigenvalue weighted by Crippen LogP contribution is -2.20. The minimum atomic E-state index is -0.296. The molecule has 0 radical (unpaired) electrons. The van der Waals surface area contributed by atoms with Gasteiger partial charge in [-0.2, -0.15) is 10.2 Å². The summed E-state index contributed by atoms with van der Waals surface area (Å²) in [6, 6.07) is 1.91. The van der Waals surface area contributed by atoms with Crippen LogP contribution in [0.5, 0.6) is 0 Å². The normalized spacial score (nSPS) is 10.9. The van der Waals surface area contributed by atoms with Crippen molar-refractivity contribution in [1.82, 2.24) is 19.6 Å². The number of nitrogen functional groups attached to an aromatic ring is 1. The van der Waals surface area contributed by atoms with Gasteiger partial charge in [0.1, 0.15) is 11.5 Å². The van der Waals surface area contributed by atoms with Gasteiger partial charge in [0.25, 0.3) is 5.91 Å². The van der Waals surface area contributed by atoms with Gasteiger partial charge >= 0.3 is 0 Å². The van der Waals surface area contributed by atoms with Crippen molar-refractivity contribution in [2.45, 2.75) is 19.9 Å². The number of anilines is 2. The molecule has 0 aliphatic carbocycles. The first-order chi connectivity index (χ1) is 8.50. The molecule has 0 aliphatic rings. The van der Waals surface area contributed by atoms with E-state index in [0.29, 0.717) is 17.2 Å². The molecule has 2 heterocycles. The molecule has 7 nitrogen and oxygen atoms in total. The number of rotatable bonds is 3. The number of nitrogens with zero attached hydrogens (tertiary/aromatic N) is 4. The van der Waals surface area contributed by atoms with Crippen LogP contribution in [0, 0.1) is 0 Å². The van der Waals surface area contributed by atoms with E-state index in [2.05, 4.69) is 15.5 Å². The molecular weight excluding hydrogens is 232 g/mol. The smallest absolute Gasteiger partial charge is 0.277 e. The molecule has 0 aliphatic heterocycles. The summed E-state index contributed by atoms with van der Waals surface area (Å²) in [6.07, 6.45) is 3.09. The van der Waals surface area contributed by atoms with Crippen LogP contribution in [-0.2, 0) is 7.05 Å². The van der Waals surface area contributed by atoms with E-state index in [1.807, 2.05) is 13.8 Å². The van der Waals surface area contributed by atoms with E-state index in [0.717, 1.165) is 0 Å². The van der Waals surface area contributed by atoms with Crippen molar-refractivity contribution in [2.24, 2.45) is 7.05 Å². The van der Waals surface area contributed by atoms with Gasteiger partial charge in [0.2, 0.25) is 0 Å². The predicted octanol–water partition coefficient (Wildman–Crippen LogP) is 1.03. The second kappa shape index (κ2) is 4.52. The molecule has 0 saturated heterocycles.